The molecule has 0 unspecified atom stereocenters. The molecule has 24 heavy (non-hydrogen) atoms. The zero-order valence-electron chi connectivity index (χ0n) is 12.2. The zero-order chi connectivity index (χ0) is 17.5. The number of nitro groups is 1. The van der Waals surface area contributed by atoms with Gasteiger partial charge in [-0.2, -0.15) is 5.10 Å². The predicted molar refractivity (Wildman–Crippen MR) is 84.1 cm³/mol. The van der Waals surface area contributed by atoms with E-state index in [1.165, 1.54) is 36.4 Å². The van der Waals surface area contributed by atoms with Crippen LogP contribution in [-0.2, 0) is 4.79 Å². The maximum Gasteiger partial charge on any atom is 0.310 e. The maximum absolute atomic E-state index is 11.6. The number of ether oxygens (including phenoxy) is 1. The summed E-state index contributed by atoms with van der Waals surface area (Å²) < 4.78 is 5.09. The highest BCUT2D eigenvalue weighted by Gasteiger charge is 2.14. The Kier molecular flexibility index (Phi) is 5.29. The molecule has 0 radical (unpaired) electrons. The monoisotopic (exact) mass is 331 g/mol. The van der Waals surface area contributed by atoms with Crippen molar-refractivity contribution in [2.24, 2.45) is 5.10 Å². The van der Waals surface area contributed by atoms with Gasteiger partial charge < -0.3 is 14.9 Å². The largest absolute Gasteiger partial charge is 0.508 e. The van der Waals surface area contributed by atoms with E-state index in [2.05, 4.69) is 10.5 Å². The molecule has 2 aromatic rings. The van der Waals surface area contributed by atoms with E-state index in [1.54, 1.807) is 6.07 Å². The molecule has 3 N–H and O–H groups in total. The Morgan fingerprint density at radius 2 is 2.04 bits per heavy atom. The topological polar surface area (TPSA) is 134 Å². The molecule has 0 atom stereocenters. The Bertz CT molecular complexity index is 791. The van der Waals surface area contributed by atoms with Crippen molar-refractivity contribution in [2.45, 2.75) is 0 Å². The van der Waals surface area contributed by atoms with E-state index >= 15 is 0 Å². The molecule has 0 bridgehead atoms. The molecule has 1 amide bonds. The number of aromatic hydroxyl groups is 2. The van der Waals surface area contributed by atoms with Crippen molar-refractivity contribution in [3.8, 4) is 17.2 Å². The Morgan fingerprint density at radius 3 is 2.79 bits per heavy atom. The number of rotatable bonds is 6. The van der Waals surface area contributed by atoms with Crippen molar-refractivity contribution in [3.05, 3.63) is 58.1 Å². The summed E-state index contributed by atoms with van der Waals surface area (Å²) in [5.74, 6) is -0.876. The average Bonchev–Trinajstić information content (AvgIpc) is 2.56. The van der Waals surface area contributed by atoms with Crippen LogP contribution in [0.2, 0.25) is 0 Å². The van der Waals surface area contributed by atoms with E-state index in [9.17, 15) is 25.1 Å². The fourth-order valence-corrected chi connectivity index (χ4v) is 1.72. The molecule has 0 spiro atoms. The smallest absolute Gasteiger partial charge is 0.310 e. The van der Waals surface area contributed by atoms with Crippen LogP contribution in [0.5, 0.6) is 17.2 Å². The van der Waals surface area contributed by atoms with Crippen LogP contribution in [0.1, 0.15) is 5.56 Å². The maximum atomic E-state index is 11.6. The second-order valence-corrected chi connectivity index (χ2v) is 4.55. The number of nitrogens with zero attached hydrogens (tertiary/aromatic N) is 2. The van der Waals surface area contributed by atoms with Crippen molar-refractivity contribution in [2.75, 3.05) is 6.61 Å². The van der Waals surface area contributed by atoms with Gasteiger partial charge in [0.1, 0.15) is 11.5 Å². The number of carbonyl (C=O) groups excluding carboxylic acids is 1. The quantitative estimate of drug-likeness (QED) is 0.318. The van der Waals surface area contributed by atoms with Gasteiger partial charge in [0.05, 0.1) is 11.1 Å². The van der Waals surface area contributed by atoms with Gasteiger partial charge in [0.15, 0.2) is 12.4 Å². The molecule has 9 heteroatoms. The number of hydrazone groups is 1. The van der Waals surface area contributed by atoms with Gasteiger partial charge in [0, 0.05) is 11.6 Å². The van der Waals surface area contributed by atoms with Crippen LogP contribution in [0.4, 0.5) is 5.69 Å². The molecule has 124 valence electrons. The summed E-state index contributed by atoms with van der Waals surface area (Å²) in [6.45, 7) is -0.478. The first kappa shape index (κ1) is 16.7. The van der Waals surface area contributed by atoms with E-state index < -0.39 is 17.4 Å². The Labute approximate surface area is 136 Å². The fourth-order valence-electron chi connectivity index (χ4n) is 1.72. The summed E-state index contributed by atoms with van der Waals surface area (Å²) in [5, 5.41) is 33.2. The lowest BCUT2D eigenvalue weighted by Crippen LogP contribution is -2.24. The number of hydrogen-bond donors (Lipinski definition) is 3. The number of amides is 1. The Hall–Kier alpha value is -3.62. The predicted octanol–water partition coefficient (Wildman–Crippen LogP) is 1.54. The van der Waals surface area contributed by atoms with Crippen molar-refractivity contribution in [1.82, 2.24) is 5.43 Å². The number of para-hydroxylation sites is 2. The number of nitrogens with one attached hydrogen (secondary N) is 1. The van der Waals surface area contributed by atoms with E-state index in [1.807, 2.05) is 0 Å². The van der Waals surface area contributed by atoms with Crippen LogP contribution in [0.25, 0.3) is 0 Å². The average molecular weight is 331 g/mol. The summed E-state index contributed by atoms with van der Waals surface area (Å²) in [4.78, 5) is 21.8. The molecule has 0 aliphatic carbocycles. The summed E-state index contributed by atoms with van der Waals surface area (Å²) in [6, 6.07) is 9.49. The second kappa shape index (κ2) is 7.58. The molecule has 0 fully saturated rings. The Morgan fingerprint density at radius 1 is 1.29 bits per heavy atom. The number of phenolic OH excluding ortho intramolecular Hbond substituents is 2. The minimum atomic E-state index is -0.649. The summed E-state index contributed by atoms with van der Waals surface area (Å²) in [7, 11) is 0. The van der Waals surface area contributed by atoms with E-state index in [4.69, 9.17) is 4.74 Å². The molecule has 0 saturated carbocycles. The molecule has 2 rings (SSSR count). The number of carbonyl (C=O) groups is 1. The van der Waals surface area contributed by atoms with Crippen molar-refractivity contribution in [1.29, 1.82) is 0 Å². The first-order valence-electron chi connectivity index (χ1n) is 6.67. The molecular weight excluding hydrogens is 318 g/mol. The van der Waals surface area contributed by atoms with Crippen LogP contribution in [0.15, 0.2) is 47.6 Å². The van der Waals surface area contributed by atoms with Gasteiger partial charge in [0.25, 0.3) is 5.91 Å². The molecule has 2 aromatic carbocycles. The standard InChI is InChI=1S/C15H13N3O6/c19-11-5-6-13(20)10(7-11)8-16-17-15(21)9-24-14-4-2-1-3-12(14)18(22)23/h1-8,19-20H,9H2,(H,17,21)/b16-8-. The molecule has 0 aliphatic rings. The lowest BCUT2D eigenvalue weighted by molar-refractivity contribution is -0.385. The number of phenols is 2. The molecule has 9 nitrogen and oxygen atoms in total. The summed E-state index contributed by atoms with van der Waals surface area (Å²) >= 11 is 0. The van der Waals surface area contributed by atoms with E-state index in [0.717, 1.165) is 6.21 Å². The molecular formula is C15H13N3O6. The fraction of sp³-hybridized carbons (Fsp3) is 0.0667. The zero-order valence-corrected chi connectivity index (χ0v) is 12.2. The van der Waals surface area contributed by atoms with Crippen molar-refractivity contribution in [3.63, 3.8) is 0 Å². The van der Waals surface area contributed by atoms with Gasteiger partial charge in [-0.1, -0.05) is 12.1 Å². The lowest BCUT2D eigenvalue weighted by atomic mass is 10.2. The van der Waals surface area contributed by atoms with Gasteiger partial charge >= 0.3 is 5.69 Å². The van der Waals surface area contributed by atoms with Gasteiger partial charge in [-0.25, -0.2) is 5.43 Å². The second-order valence-electron chi connectivity index (χ2n) is 4.55. The van der Waals surface area contributed by atoms with Crippen LogP contribution < -0.4 is 10.2 Å². The number of nitro benzene ring substituents is 1. The third-order valence-electron chi connectivity index (χ3n) is 2.82. The molecule has 0 saturated heterocycles. The van der Waals surface area contributed by atoms with E-state index in [-0.39, 0.29) is 28.5 Å². The minimum Gasteiger partial charge on any atom is -0.508 e. The highest BCUT2D eigenvalue weighted by molar-refractivity contribution is 5.85. The summed E-state index contributed by atoms with van der Waals surface area (Å²) in [5.41, 5.74) is 2.09. The normalized spacial score (nSPS) is 10.5. The van der Waals surface area contributed by atoms with Gasteiger partial charge in [0.2, 0.25) is 0 Å². The molecule has 0 aliphatic heterocycles. The van der Waals surface area contributed by atoms with Crippen molar-refractivity contribution < 1.29 is 24.7 Å². The molecule has 0 aromatic heterocycles. The lowest BCUT2D eigenvalue weighted by Gasteiger charge is -2.05. The molecule has 0 heterocycles. The SMILES string of the molecule is O=C(COc1ccccc1[N+](=O)[O-])N/N=C\c1cc(O)ccc1O. The van der Waals surface area contributed by atoms with Crippen LogP contribution in [-0.4, -0.2) is 33.9 Å². The summed E-state index contributed by atoms with van der Waals surface area (Å²) in [6.07, 6.45) is 1.14. The minimum absolute atomic E-state index is 0.0349. The van der Waals surface area contributed by atoms with Crippen molar-refractivity contribution >= 4 is 17.8 Å². The first-order chi connectivity index (χ1) is 11.5. The van der Waals surface area contributed by atoms with Crippen LogP contribution in [0, 0.1) is 10.1 Å². The highest BCUT2D eigenvalue weighted by Crippen LogP contribution is 2.25. The number of hydrogen-bond acceptors (Lipinski definition) is 7. The van der Waals surface area contributed by atoms with Gasteiger partial charge in [-0.15, -0.1) is 0 Å². The number of benzene rings is 2. The third-order valence-corrected chi connectivity index (χ3v) is 2.82. The van der Waals surface area contributed by atoms with Gasteiger partial charge in [-0.3, -0.25) is 14.9 Å². The first-order valence-corrected chi connectivity index (χ1v) is 6.67. The highest BCUT2D eigenvalue weighted by atomic mass is 16.6. The van der Waals surface area contributed by atoms with Crippen LogP contribution >= 0.6 is 0 Å². The van der Waals surface area contributed by atoms with Crippen LogP contribution in [0.3, 0.4) is 0 Å². The Balaban J connectivity index is 1.91. The van der Waals surface area contributed by atoms with E-state index in [0.29, 0.717) is 0 Å². The third kappa shape index (κ3) is 4.44. The van der Waals surface area contributed by atoms with Gasteiger partial charge in [-0.05, 0) is 24.3 Å².